The maximum Gasteiger partial charge on any atom is 0.191 e. The van der Waals surface area contributed by atoms with Crippen LogP contribution in [-0.2, 0) is 0 Å². The van der Waals surface area contributed by atoms with Crippen LogP contribution in [0.15, 0.2) is 53.5 Å². The molecule has 2 unspecified atom stereocenters. The standard InChI is InChI=1S/C24H34N4O2.HI/c1-4-25-24(26-17-23(29)19-10-12-22(30-3)13-11-19)27-18(2)20-8-7-9-21(16-20)28-14-5-6-15-28;/h7-13,16,18,23,29H,4-6,14-15,17H2,1-3H3,(H2,25,26,27);1H. The van der Waals surface area contributed by atoms with E-state index in [9.17, 15) is 5.11 Å². The van der Waals surface area contributed by atoms with Crippen molar-refractivity contribution in [1.82, 2.24) is 10.6 Å². The Morgan fingerprint density at radius 1 is 1.13 bits per heavy atom. The van der Waals surface area contributed by atoms with Crippen LogP contribution in [0.25, 0.3) is 0 Å². The minimum absolute atomic E-state index is 0. The summed E-state index contributed by atoms with van der Waals surface area (Å²) in [5.74, 6) is 1.47. The number of rotatable bonds is 8. The first-order valence-corrected chi connectivity index (χ1v) is 10.8. The van der Waals surface area contributed by atoms with Crippen molar-refractivity contribution in [1.29, 1.82) is 0 Å². The molecule has 0 bridgehead atoms. The average molecular weight is 538 g/mol. The third-order valence-electron chi connectivity index (χ3n) is 5.46. The highest BCUT2D eigenvalue weighted by Crippen LogP contribution is 2.24. The van der Waals surface area contributed by atoms with Gasteiger partial charge in [0.1, 0.15) is 5.75 Å². The molecule has 0 aromatic heterocycles. The number of anilines is 1. The molecule has 1 aliphatic rings. The number of hydrogen-bond donors (Lipinski definition) is 3. The molecule has 3 N–H and O–H groups in total. The van der Waals surface area contributed by atoms with Crippen molar-refractivity contribution < 1.29 is 9.84 Å². The molecule has 0 aliphatic carbocycles. The number of aliphatic imine (C=N–C) groups is 1. The van der Waals surface area contributed by atoms with Gasteiger partial charge in [-0.05, 0) is 62.1 Å². The van der Waals surface area contributed by atoms with Gasteiger partial charge in [0.15, 0.2) is 5.96 Å². The van der Waals surface area contributed by atoms with E-state index in [1.54, 1.807) is 7.11 Å². The molecule has 2 aromatic carbocycles. The maximum absolute atomic E-state index is 10.5. The first-order chi connectivity index (χ1) is 14.6. The number of nitrogens with one attached hydrogen (secondary N) is 2. The van der Waals surface area contributed by atoms with Gasteiger partial charge in [0, 0.05) is 25.3 Å². The van der Waals surface area contributed by atoms with E-state index in [-0.39, 0.29) is 36.6 Å². The SMILES string of the molecule is CCNC(=NCC(O)c1ccc(OC)cc1)NC(C)c1cccc(N2CCCC2)c1.I. The number of guanidine groups is 1. The quantitative estimate of drug-likeness (QED) is 0.266. The summed E-state index contributed by atoms with van der Waals surface area (Å²) in [6, 6.07) is 16.2. The number of aliphatic hydroxyl groups is 1. The van der Waals surface area contributed by atoms with Crippen LogP contribution in [0.1, 0.15) is 50.0 Å². The summed E-state index contributed by atoms with van der Waals surface area (Å²) in [5.41, 5.74) is 3.33. The number of methoxy groups -OCH3 is 1. The minimum atomic E-state index is -0.667. The predicted octanol–water partition coefficient (Wildman–Crippen LogP) is 4.26. The second kappa shape index (κ2) is 12.8. The van der Waals surface area contributed by atoms with Gasteiger partial charge in [0.2, 0.25) is 0 Å². The summed E-state index contributed by atoms with van der Waals surface area (Å²) in [6.07, 6.45) is 1.87. The number of aliphatic hydroxyl groups excluding tert-OH is 1. The van der Waals surface area contributed by atoms with Crippen LogP contribution in [0.2, 0.25) is 0 Å². The molecule has 0 amide bonds. The van der Waals surface area contributed by atoms with E-state index < -0.39 is 6.10 Å². The monoisotopic (exact) mass is 538 g/mol. The van der Waals surface area contributed by atoms with E-state index >= 15 is 0 Å². The van der Waals surface area contributed by atoms with Gasteiger partial charge in [-0.15, -0.1) is 24.0 Å². The van der Waals surface area contributed by atoms with Gasteiger partial charge in [-0.1, -0.05) is 24.3 Å². The molecule has 1 aliphatic heterocycles. The smallest absolute Gasteiger partial charge is 0.191 e. The van der Waals surface area contributed by atoms with Gasteiger partial charge in [0.25, 0.3) is 0 Å². The topological polar surface area (TPSA) is 69.1 Å². The van der Waals surface area contributed by atoms with Gasteiger partial charge < -0.3 is 25.4 Å². The van der Waals surface area contributed by atoms with Crippen LogP contribution < -0.4 is 20.3 Å². The molecule has 0 radical (unpaired) electrons. The highest BCUT2D eigenvalue weighted by molar-refractivity contribution is 14.0. The maximum atomic E-state index is 10.5. The molecule has 1 saturated heterocycles. The molecule has 170 valence electrons. The number of benzene rings is 2. The summed E-state index contributed by atoms with van der Waals surface area (Å²) in [6.45, 7) is 7.48. The fourth-order valence-electron chi connectivity index (χ4n) is 3.68. The van der Waals surface area contributed by atoms with Crippen molar-refractivity contribution in [3.63, 3.8) is 0 Å². The van der Waals surface area contributed by atoms with Gasteiger partial charge in [-0.3, -0.25) is 4.99 Å². The van der Waals surface area contributed by atoms with Crippen molar-refractivity contribution >= 4 is 35.6 Å². The molecule has 31 heavy (non-hydrogen) atoms. The third kappa shape index (κ3) is 7.28. The lowest BCUT2D eigenvalue weighted by Gasteiger charge is -2.22. The van der Waals surface area contributed by atoms with E-state index in [0.717, 1.165) is 30.9 Å². The molecule has 0 saturated carbocycles. The predicted molar refractivity (Wildman–Crippen MR) is 139 cm³/mol. The Bertz CT molecular complexity index is 823. The molecule has 1 fully saturated rings. The first kappa shape index (κ1) is 25.3. The minimum Gasteiger partial charge on any atom is -0.497 e. The van der Waals surface area contributed by atoms with Crippen molar-refractivity contribution in [3.05, 3.63) is 59.7 Å². The summed E-state index contributed by atoms with van der Waals surface area (Å²) in [5, 5.41) is 17.2. The Balaban J connectivity index is 0.00000341. The first-order valence-electron chi connectivity index (χ1n) is 10.8. The zero-order chi connectivity index (χ0) is 21.3. The summed E-state index contributed by atoms with van der Waals surface area (Å²) in [7, 11) is 1.63. The number of halogens is 1. The lowest BCUT2D eigenvalue weighted by atomic mass is 10.1. The molecule has 3 rings (SSSR count). The molecular weight excluding hydrogens is 503 g/mol. The van der Waals surface area contributed by atoms with E-state index in [2.05, 4.69) is 51.7 Å². The number of ether oxygens (including phenoxy) is 1. The van der Waals surface area contributed by atoms with Crippen LogP contribution in [0, 0.1) is 0 Å². The highest BCUT2D eigenvalue weighted by atomic mass is 127. The van der Waals surface area contributed by atoms with Crippen LogP contribution >= 0.6 is 24.0 Å². The van der Waals surface area contributed by atoms with E-state index in [1.807, 2.05) is 31.2 Å². The van der Waals surface area contributed by atoms with Gasteiger partial charge in [-0.25, -0.2) is 0 Å². The fourth-order valence-corrected chi connectivity index (χ4v) is 3.68. The number of hydrogen-bond acceptors (Lipinski definition) is 4. The average Bonchev–Trinajstić information content (AvgIpc) is 3.32. The van der Waals surface area contributed by atoms with Crippen molar-refractivity contribution in [2.75, 3.05) is 38.2 Å². The fraction of sp³-hybridized carbons (Fsp3) is 0.458. The van der Waals surface area contributed by atoms with Crippen molar-refractivity contribution in [2.24, 2.45) is 4.99 Å². The van der Waals surface area contributed by atoms with Gasteiger partial charge in [0.05, 0.1) is 25.8 Å². The second-order valence-electron chi connectivity index (χ2n) is 7.66. The number of nitrogens with zero attached hydrogens (tertiary/aromatic N) is 2. The molecule has 7 heteroatoms. The van der Waals surface area contributed by atoms with E-state index in [4.69, 9.17) is 4.74 Å². The van der Waals surface area contributed by atoms with E-state index in [1.165, 1.54) is 24.1 Å². The van der Waals surface area contributed by atoms with Crippen LogP contribution in [0.3, 0.4) is 0 Å². The highest BCUT2D eigenvalue weighted by Gasteiger charge is 2.15. The largest absolute Gasteiger partial charge is 0.497 e. The Labute approximate surface area is 203 Å². The van der Waals surface area contributed by atoms with Crippen LogP contribution in [0.4, 0.5) is 5.69 Å². The Morgan fingerprint density at radius 2 is 1.84 bits per heavy atom. The summed E-state index contributed by atoms with van der Waals surface area (Å²) >= 11 is 0. The Morgan fingerprint density at radius 3 is 2.48 bits per heavy atom. The molecule has 2 atom stereocenters. The Hall–Kier alpha value is -2.00. The van der Waals surface area contributed by atoms with Crippen molar-refractivity contribution in [3.8, 4) is 5.75 Å². The second-order valence-corrected chi connectivity index (χ2v) is 7.66. The van der Waals surface area contributed by atoms with Gasteiger partial charge >= 0.3 is 0 Å². The van der Waals surface area contributed by atoms with Crippen molar-refractivity contribution in [2.45, 2.75) is 38.8 Å². The third-order valence-corrected chi connectivity index (χ3v) is 5.46. The molecule has 6 nitrogen and oxygen atoms in total. The normalized spacial score (nSPS) is 15.7. The lowest BCUT2D eigenvalue weighted by Crippen LogP contribution is -2.39. The Kier molecular flexibility index (Phi) is 10.4. The van der Waals surface area contributed by atoms with Crippen LogP contribution in [0.5, 0.6) is 5.75 Å². The van der Waals surface area contributed by atoms with Gasteiger partial charge in [-0.2, -0.15) is 0 Å². The summed E-state index contributed by atoms with van der Waals surface area (Å²) < 4.78 is 5.17. The zero-order valence-corrected chi connectivity index (χ0v) is 21.0. The molecule has 1 heterocycles. The zero-order valence-electron chi connectivity index (χ0n) is 18.7. The molecule has 2 aromatic rings. The summed E-state index contributed by atoms with van der Waals surface area (Å²) in [4.78, 5) is 7.05. The molecule has 0 spiro atoms. The van der Waals surface area contributed by atoms with E-state index in [0.29, 0.717) is 5.96 Å². The van der Waals surface area contributed by atoms with Crippen LogP contribution in [-0.4, -0.2) is 44.4 Å². The molecular formula is C24H35IN4O2. The lowest BCUT2D eigenvalue weighted by molar-refractivity contribution is 0.187.